The summed E-state index contributed by atoms with van der Waals surface area (Å²) in [6.45, 7) is 9.28. The SMILES string of the molecule is CCCCCCCCCCCCOc1cccc(OCC(COP(=O)(O)Oc2ccccc2CN2C=CN(CCC)C2)OC)c1C. The first-order valence-electron chi connectivity index (χ1n) is 17.1. The topological polar surface area (TPSA) is 89.9 Å². The summed E-state index contributed by atoms with van der Waals surface area (Å²) in [5, 5.41) is 0. The van der Waals surface area contributed by atoms with Crippen molar-refractivity contribution in [3.05, 3.63) is 66.0 Å². The number of hydrogen-bond donors (Lipinski definition) is 1. The number of rotatable bonds is 25. The van der Waals surface area contributed by atoms with E-state index in [1.54, 1.807) is 12.1 Å². The lowest BCUT2D eigenvalue weighted by Gasteiger charge is -2.23. The van der Waals surface area contributed by atoms with Gasteiger partial charge in [-0.15, -0.1) is 0 Å². The molecule has 3 rings (SSSR count). The van der Waals surface area contributed by atoms with Crippen molar-refractivity contribution in [1.29, 1.82) is 0 Å². The van der Waals surface area contributed by atoms with Crippen LogP contribution in [0.5, 0.6) is 17.2 Å². The lowest BCUT2D eigenvalue weighted by Crippen LogP contribution is -2.26. The van der Waals surface area contributed by atoms with E-state index in [2.05, 4.69) is 29.8 Å². The van der Waals surface area contributed by atoms with E-state index in [-0.39, 0.29) is 13.2 Å². The molecule has 1 aliphatic heterocycles. The van der Waals surface area contributed by atoms with Gasteiger partial charge in [0.25, 0.3) is 0 Å². The van der Waals surface area contributed by atoms with Gasteiger partial charge in [-0.3, -0.25) is 9.42 Å². The van der Waals surface area contributed by atoms with Crippen LogP contribution >= 0.6 is 7.82 Å². The van der Waals surface area contributed by atoms with Gasteiger partial charge in [0.2, 0.25) is 0 Å². The number of unbranched alkanes of at least 4 members (excludes halogenated alkanes) is 9. The molecule has 0 saturated heterocycles. The summed E-state index contributed by atoms with van der Waals surface area (Å²) in [5.41, 5.74) is 1.70. The van der Waals surface area contributed by atoms with E-state index in [0.29, 0.717) is 24.7 Å². The third kappa shape index (κ3) is 14.0. The molecule has 46 heavy (non-hydrogen) atoms. The Kier molecular flexibility index (Phi) is 17.4. The zero-order valence-electron chi connectivity index (χ0n) is 28.5. The van der Waals surface area contributed by atoms with Gasteiger partial charge < -0.3 is 28.5 Å². The Bertz CT molecular complexity index is 1210. The molecule has 0 saturated carbocycles. The maximum atomic E-state index is 12.9. The minimum Gasteiger partial charge on any atom is -0.493 e. The molecule has 0 amide bonds. The van der Waals surface area contributed by atoms with Crippen LogP contribution in [0.1, 0.15) is 95.6 Å². The molecule has 10 heteroatoms. The normalized spacial score (nSPS) is 14.8. The van der Waals surface area contributed by atoms with Crippen molar-refractivity contribution < 1.29 is 32.7 Å². The van der Waals surface area contributed by atoms with Crippen molar-refractivity contribution in [2.24, 2.45) is 0 Å². The quantitative estimate of drug-likeness (QED) is 0.0829. The van der Waals surface area contributed by atoms with Crippen LogP contribution < -0.4 is 14.0 Å². The third-order valence-corrected chi connectivity index (χ3v) is 9.00. The number of benzene rings is 2. The highest BCUT2D eigenvalue weighted by Gasteiger charge is 2.27. The van der Waals surface area contributed by atoms with E-state index in [0.717, 1.165) is 42.9 Å². The predicted molar refractivity (Wildman–Crippen MR) is 184 cm³/mol. The van der Waals surface area contributed by atoms with E-state index >= 15 is 0 Å². The van der Waals surface area contributed by atoms with Crippen molar-refractivity contribution in [2.75, 3.05) is 40.1 Å². The van der Waals surface area contributed by atoms with Gasteiger partial charge in [-0.2, -0.15) is 0 Å². The number of hydrogen-bond acceptors (Lipinski definition) is 8. The Morgan fingerprint density at radius 3 is 2.11 bits per heavy atom. The lowest BCUT2D eigenvalue weighted by atomic mass is 10.1. The second-order valence-electron chi connectivity index (χ2n) is 12.0. The van der Waals surface area contributed by atoms with E-state index in [1.165, 1.54) is 64.9 Å². The smallest absolute Gasteiger partial charge is 0.493 e. The maximum absolute atomic E-state index is 12.9. The molecule has 0 spiro atoms. The van der Waals surface area contributed by atoms with Gasteiger partial charge in [-0.1, -0.05) is 95.9 Å². The molecule has 0 aromatic heterocycles. The molecule has 258 valence electrons. The number of para-hydroxylation sites is 1. The molecule has 0 fully saturated rings. The molecular weight excluding hydrogens is 603 g/mol. The van der Waals surface area contributed by atoms with Gasteiger partial charge in [-0.05, 0) is 38.0 Å². The molecule has 2 aromatic carbocycles. The number of ether oxygens (including phenoxy) is 3. The minimum atomic E-state index is -4.42. The standard InChI is InChI=1S/C36H57N2O7P/c1-5-7-8-9-10-11-12-13-14-17-26-42-34-21-18-22-35(31(34)3)43-28-33(41-4)29-44-46(39,40)45-36-20-16-15-19-32(36)27-38-25-24-37(30-38)23-6-2/h15-16,18-22,24-25,33H,5-14,17,23,26-30H2,1-4H3,(H,39,40). The van der Waals surface area contributed by atoms with Gasteiger partial charge in [-0.25, -0.2) is 4.57 Å². The average molecular weight is 661 g/mol. The minimum absolute atomic E-state index is 0.130. The van der Waals surface area contributed by atoms with E-state index in [4.69, 9.17) is 23.3 Å². The highest BCUT2D eigenvalue weighted by molar-refractivity contribution is 7.47. The molecule has 1 aliphatic rings. The second kappa shape index (κ2) is 21.2. The molecule has 0 aliphatic carbocycles. The average Bonchev–Trinajstić information content (AvgIpc) is 3.49. The van der Waals surface area contributed by atoms with Crippen LogP contribution in [0.2, 0.25) is 0 Å². The van der Waals surface area contributed by atoms with E-state index in [1.807, 2.05) is 43.5 Å². The second-order valence-corrected chi connectivity index (χ2v) is 13.4. The van der Waals surface area contributed by atoms with Gasteiger partial charge in [0.1, 0.15) is 30.0 Å². The predicted octanol–water partition coefficient (Wildman–Crippen LogP) is 8.84. The summed E-state index contributed by atoms with van der Waals surface area (Å²) >= 11 is 0. The van der Waals surface area contributed by atoms with Crippen molar-refractivity contribution in [1.82, 2.24) is 9.80 Å². The van der Waals surface area contributed by atoms with Crippen LogP contribution in [0.25, 0.3) is 0 Å². The first-order chi connectivity index (χ1) is 22.3. The summed E-state index contributed by atoms with van der Waals surface area (Å²) in [4.78, 5) is 14.9. The summed E-state index contributed by atoms with van der Waals surface area (Å²) in [7, 11) is -2.91. The Morgan fingerprint density at radius 1 is 0.783 bits per heavy atom. The van der Waals surface area contributed by atoms with Crippen LogP contribution in [-0.4, -0.2) is 60.9 Å². The molecular formula is C36H57N2O7P. The molecule has 1 heterocycles. The third-order valence-electron chi connectivity index (χ3n) is 8.09. The van der Waals surface area contributed by atoms with E-state index in [9.17, 15) is 9.46 Å². The van der Waals surface area contributed by atoms with Crippen LogP contribution in [0, 0.1) is 6.92 Å². The summed E-state index contributed by atoms with van der Waals surface area (Å²) in [5.74, 6) is 1.78. The van der Waals surface area contributed by atoms with Gasteiger partial charge >= 0.3 is 7.82 Å². The van der Waals surface area contributed by atoms with E-state index < -0.39 is 13.9 Å². The van der Waals surface area contributed by atoms with Gasteiger partial charge in [0.15, 0.2) is 0 Å². The molecule has 0 bridgehead atoms. The van der Waals surface area contributed by atoms with Gasteiger partial charge in [0.05, 0.1) is 19.9 Å². The van der Waals surface area contributed by atoms with Crippen molar-refractivity contribution in [3.63, 3.8) is 0 Å². The van der Waals surface area contributed by atoms with Crippen LogP contribution in [-0.2, 0) is 20.4 Å². The molecule has 2 aromatic rings. The molecule has 9 nitrogen and oxygen atoms in total. The fourth-order valence-electron chi connectivity index (χ4n) is 5.37. The van der Waals surface area contributed by atoms with Crippen LogP contribution in [0.15, 0.2) is 54.9 Å². The molecule has 1 N–H and O–H groups in total. The summed E-state index contributed by atoms with van der Waals surface area (Å²) < 4.78 is 41.4. The van der Waals surface area contributed by atoms with Crippen molar-refractivity contribution in [3.8, 4) is 17.2 Å². The van der Waals surface area contributed by atoms with Crippen LogP contribution in [0.4, 0.5) is 0 Å². The fraction of sp³-hybridized carbons (Fsp3) is 0.611. The Labute approximate surface area is 277 Å². The molecule has 2 unspecified atom stereocenters. The Balaban J connectivity index is 1.39. The zero-order chi connectivity index (χ0) is 33.0. The molecule has 0 radical (unpaired) electrons. The maximum Gasteiger partial charge on any atom is 0.527 e. The fourth-order valence-corrected chi connectivity index (χ4v) is 6.20. The van der Waals surface area contributed by atoms with Crippen molar-refractivity contribution in [2.45, 2.75) is 104 Å². The highest BCUT2D eigenvalue weighted by Crippen LogP contribution is 2.45. The number of nitrogens with zero attached hydrogens (tertiary/aromatic N) is 2. The molecule has 2 atom stereocenters. The highest BCUT2D eigenvalue weighted by atomic mass is 31.2. The first kappa shape index (κ1) is 37.7. The summed E-state index contributed by atoms with van der Waals surface area (Å²) in [6, 6.07) is 12.9. The van der Waals surface area contributed by atoms with Crippen molar-refractivity contribution >= 4 is 7.82 Å². The Hall–Kier alpha value is -2.71. The van der Waals surface area contributed by atoms with Crippen LogP contribution in [0.3, 0.4) is 0 Å². The largest absolute Gasteiger partial charge is 0.527 e. The Morgan fingerprint density at radius 2 is 1.41 bits per heavy atom. The zero-order valence-corrected chi connectivity index (χ0v) is 29.4. The monoisotopic (exact) mass is 660 g/mol. The lowest BCUT2D eigenvalue weighted by molar-refractivity contribution is 0.0158. The number of methoxy groups -OCH3 is 1. The van der Waals surface area contributed by atoms with Gasteiger partial charge in [0, 0.05) is 43.7 Å². The number of phosphoric ester groups is 1. The number of phosphoric acid groups is 1. The first-order valence-corrected chi connectivity index (χ1v) is 18.6. The summed E-state index contributed by atoms with van der Waals surface area (Å²) in [6.07, 6.45) is 17.4.